The molecule has 6 rings (SSSR count). The van der Waals surface area contributed by atoms with Crippen molar-refractivity contribution in [3.05, 3.63) is 80.7 Å². The van der Waals surface area contributed by atoms with E-state index in [4.69, 9.17) is 26.6 Å². The number of hydrogen-bond donors (Lipinski definition) is 1. The van der Waals surface area contributed by atoms with Gasteiger partial charge >= 0.3 is 0 Å². The number of carbonyl (C=O) groups is 3. The Kier molecular flexibility index (Phi) is 11.9. The zero-order chi connectivity index (χ0) is 37.6. The van der Waals surface area contributed by atoms with Gasteiger partial charge in [0.2, 0.25) is 17.7 Å². The first kappa shape index (κ1) is 37.7. The molecule has 53 heavy (non-hydrogen) atoms. The Balaban J connectivity index is 1.04. The van der Waals surface area contributed by atoms with E-state index in [0.717, 1.165) is 46.1 Å². The molecule has 2 aliphatic heterocycles. The number of aliphatic imine (C=N–C) groups is 1. The largest absolute Gasteiger partial charge is 0.489 e. The summed E-state index contributed by atoms with van der Waals surface area (Å²) in [4.78, 5) is 48.8. The van der Waals surface area contributed by atoms with Crippen LogP contribution in [0.2, 0.25) is 5.02 Å². The van der Waals surface area contributed by atoms with E-state index in [0.29, 0.717) is 73.5 Å². The topological polar surface area (TPSA) is 146 Å². The number of hydrogen-bond acceptors (Lipinski definition) is 9. The van der Waals surface area contributed by atoms with Crippen LogP contribution in [0.15, 0.2) is 47.5 Å². The van der Waals surface area contributed by atoms with E-state index >= 15 is 0 Å². The van der Waals surface area contributed by atoms with Crippen molar-refractivity contribution in [3.63, 3.8) is 0 Å². The standard InChI is InChI=1S/C39H43ClN8O4S/c1-5-34(50)46(19-9-17-41)29-15-16-31-32(22-29)52-21-20-47(31)35(51)10-7-6-8-18-42-33(49)23-30-38-45-44-26(4)48(38)39-36(24(2)25(3)53-39)37(43-30)27-11-13-28(40)14-12-27/h11-16,22,30H,5-10,18-21,23H2,1-4H3,(H,42,49)/t30-/m0/s1. The number of carbonyl (C=O) groups excluding carboxylic acids is 3. The first-order valence-corrected chi connectivity index (χ1v) is 19.2. The highest BCUT2D eigenvalue weighted by Gasteiger charge is 2.32. The normalized spacial score (nSPS) is 14.5. The van der Waals surface area contributed by atoms with Crippen LogP contribution in [0, 0.1) is 32.1 Å². The molecule has 0 radical (unpaired) electrons. The zero-order valence-corrected chi connectivity index (χ0v) is 32.0. The van der Waals surface area contributed by atoms with Crippen molar-refractivity contribution in [3.8, 4) is 16.8 Å². The lowest BCUT2D eigenvalue weighted by molar-refractivity contribution is -0.121. The van der Waals surface area contributed by atoms with Crippen molar-refractivity contribution in [1.29, 1.82) is 5.26 Å². The third-order valence-corrected chi connectivity index (χ3v) is 11.0. The van der Waals surface area contributed by atoms with Crippen molar-refractivity contribution in [2.75, 3.05) is 36.0 Å². The molecule has 1 N–H and O–H groups in total. The molecular formula is C39H43ClN8O4S. The Hall–Kier alpha value is -5.06. The molecule has 0 unspecified atom stereocenters. The van der Waals surface area contributed by atoms with Crippen LogP contribution >= 0.6 is 22.9 Å². The average Bonchev–Trinajstić information content (AvgIpc) is 3.64. The van der Waals surface area contributed by atoms with E-state index in [2.05, 4.69) is 35.4 Å². The van der Waals surface area contributed by atoms with Crippen LogP contribution in [0.4, 0.5) is 11.4 Å². The fourth-order valence-corrected chi connectivity index (χ4v) is 8.05. The lowest BCUT2D eigenvalue weighted by Gasteiger charge is -2.31. The van der Waals surface area contributed by atoms with E-state index in [1.165, 1.54) is 4.88 Å². The molecule has 1 atom stereocenters. The number of halogens is 1. The maximum absolute atomic E-state index is 13.3. The van der Waals surface area contributed by atoms with Crippen molar-refractivity contribution in [2.45, 2.75) is 78.7 Å². The molecule has 0 saturated heterocycles. The fraction of sp³-hybridized carbons (Fsp3) is 0.410. The molecule has 2 aromatic carbocycles. The van der Waals surface area contributed by atoms with Gasteiger partial charge in [-0.05, 0) is 63.4 Å². The summed E-state index contributed by atoms with van der Waals surface area (Å²) in [6, 6.07) is 14.5. The van der Waals surface area contributed by atoms with Gasteiger partial charge in [-0.15, -0.1) is 21.5 Å². The number of nitrogens with zero attached hydrogens (tertiary/aromatic N) is 7. The third kappa shape index (κ3) is 8.14. The molecule has 4 heterocycles. The lowest BCUT2D eigenvalue weighted by Crippen LogP contribution is -2.38. The number of nitrogens with one attached hydrogen (secondary N) is 1. The summed E-state index contributed by atoms with van der Waals surface area (Å²) < 4.78 is 7.91. The summed E-state index contributed by atoms with van der Waals surface area (Å²) >= 11 is 7.89. The molecule has 2 aliphatic rings. The molecule has 0 bridgehead atoms. The first-order valence-electron chi connectivity index (χ1n) is 18.0. The summed E-state index contributed by atoms with van der Waals surface area (Å²) in [5.74, 6) is 1.70. The predicted octanol–water partition coefficient (Wildman–Crippen LogP) is 6.95. The second-order valence-corrected chi connectivity index (χ2v) is 14.8. The van der Waals surface area contributed by atoms with Crippen LogP contribution < -0.4 is 19.9 Å². The monoisotopic (exact) mass is 754 g/mol. The molecule has 4 aromatic rings. The van der Waals surface area contributed by atoms with E-state index in [1.807, 2.05) is 41.8 Å². The number of rotatable bonds is 13. The third-order valence-electron chi connectivity index (χ3n) is 9.60. The number of anilines is 2. The van der Waals surface area contributed by atoms with Gasteiger partial charge in [-0.3, -0.25) is 23.9 Å². The summed E-state index contributed by atoms with van der Waals surface area (Å²) in [6.45, 7) is 9.46. The summed E-state index contributed by atoms with van der Waals surface area (Å²) in [6.07, 6.45) is 3.18. The van der Waals surface area contributed by atoms with Gasteiger partial charge in [0.15, 0.2) is 5.82 Å². The van der Waals surface area contributed by atoms with E-state index in [-0.39, 0.29) is 30.6 Å². The van der Waals surface area contributed by atoms with Crippen molar-refractivity contribution in [1.82, 2.24) is 20.1 Å². The molecule has 0 aliphatic carbocycles. The molecule has 3 amide bonds. The number of unbranched alkanes of at least 4 members (excludes halogenated alkanes) is 2. The van der Waals surface area contributed by atoms with Crippen molar-refractivity contribution in [2.24, 2.45) is 4.99 Å². The number of aromatic nitrogens is 3. The number of aryl methyl sites for hydroxylation is 2. The number of benzene rings is 2. The van der Waals surface area contributed by atoms with Gasteiger partial charge in [-0.2, -0.15) is 5.26 Å². The van der Waals surface area contributed by atoms with Crippen molar-refractivity contribution >= 4 is 57.7 Å². The Labute approximate surface area is 318 Å². The Morgan fingerprint density at radius 2 is 1.89 bits per heavy atom. The van der Waals surface area contributed by atoms with Gasteiger partial charge in [-0.1, -0.05) is 37.1 Å². The second kappa shape index (κ2) is 16.7. The Bertz CT molecular complexity index is 2080. The number of thiophene rings is 1. The number of ether oxygens (including phenoxy) is 1. The highest BCUT2D eigenvalue weighted by Crippen LogP contribution is 2.40. The van der Waals surface area contributed by atoms with E-state index in [1.54, 1.807) is 40.2 Å². The maximum Gasteiger partial charge on any atom is 0.227 e. The maximum atomic E-state index is 13.3. The van der Waals surface area contributed by atoms with E-state index < -0.39 is 6.04 Å². The lowest BCUT2D eigenvalue weighted by atomic mass is 9.99. The number of amides is 3. The highest BCUT2D eigenvalue weighted by atomic mass is 35.5. The SMILES string of the molecule is CCC(=O)N(CCC#N)c1ccc2c(c1)OCCN2C(=O)CCCCCNC(=O)C[C@@H]1N=C(c2ccc(Cl)cc2)c2c(sc(C)c2C)-n2c(C)nnc21. The van der Waals surface area contributed by atoms with Crippen LogP contribution in [0.3, 0.4) is 0 Å². The molecule has 14 heteroatoms. The Morgan fingerprint density at radius 3 is 2.64 bits per heavy atom. The molecule has 0 fully saturated rings. The van der Waals surface area contributed by atoms with Gasteiger partial charge in [0.1, 0.15) is 29.2 Å². The Morgan fingerprint density at radius 1 is 1.09 bits per heavy atom. The van der Waals surface area contributed by atoms with Gasteiger partial charge in [-0.25, -0.2) is 0 Å². The minimum Gasteiger partial charge on any atom is -0.489 e. The average molecular weight is 755 g/mol. The fourth-order valence-electron chi connectivity index (χ4n) is 6.71. The number of nitriles is 1. The second-order valence-electron chi connectivity index (χ2n) is 13.1. The van der Waals surface area contributed by atoms with Crippen LogP contribution in [0.1, 0.15) is 91.1 Å². The predicted molar refractivity (Wildman–Crippen MR) is 207 cm³/mol. The van der Waals surface area contributed by atoms with Gasteiger partial charge in [0.05, 0.1) is 36.9 Å². The molecule has 12 nitrogen and oxygen atoms in total. The van der Waals surface area contributed by atoms with Crippen LogP contribution in [0.5, 0.6) is 5.75 Å². The summed E-state index contributed by atoms with van der Waals surface area (Å²) in [5, 5.41) is 22.6. The quantitative estimate of drug-likeness (QED) is 0.145. The highest BCUT2D eigenvalue weighted by molar-refractivity contribution is 7.15. The van der Waals surface area contributed by atoms with Gasteiger partial charge in [0, 0.05) is 58.7 Å². The molecular weight excluding hydrogens is 712 g/mol. The molecule has 0 spiro atoms. The van der Waals surface area contributed by atoms with Crippen LogP contribution in [0.25, 0.3) is 5.00 Å². The molecule has 2 aromatic heterocycles. The summed E-state index contributed by atoms with van der Waals surface area (Å²) in [7, 11) is 0. The first-order chi connectivity index (χ1) is 25.6. The van der Waals surface area contributed by atoms with Crippen LogP contribution in [-0.4, -0.2) is 64.4 Å². The molecule has 276 valence electrons. The number of fused-ring (bicyclic) bond motifs is 4. The van der Waals surface area contributed by atoms with Crippen molar-refractivity contribution < 1.29 is 19.1 Å². The van der Waals surface area contributed by atoms with Gasteiger partial charge < -0.3 is 19.9 Å². The molecule has 0 saturated carbocycles. The minimum atomic E-state index is -0.543. The van der Waals surface area contributed by atoms with Crippen LogP contribution in [-0.2, 0) is 14.4 Å². The zero-order valence-electron chi connectivity index (χ0n) is 30.4. The smallest absolute Gasteiger partial charge is 0.227 e. The minimum absolute atomic E-state index is 0.00151. The van der Waals surface area contributed by atoms with Gasteiger partial charge in [0.25, 0.3) is 0 Å². The van der Waals surface area contributed by atoms with E-state index in [9.17, 15) is 14.4 Å². The summed E-state index contributed by atoms with van der Waals surface area (Å²) in [5.41, 5.74) is 5.19.